The van der Waals surface area contributed by atoms with Crippen molar-refractivity contribution in [1.29, 1.82) is 0 Å². The minimum Gasteiger partial charge on any atom is -0.265 e. The number of pyridine rings is 1. The maximum Gasteiger partial charge on any atom is 0.234 e. The molecule has 1 aromatic carbocycles. The first-order valence-electron chi connectivity index (χ1n) is 6.77. The molecule has 0 unspecified atom stereocenters. The fraction of sp³-hybridized carbons (Fsp3) is 0.0667. The topological polar surface area (TPSA) is 56.0 Å². The van der Waals surface area contributed by atoms with E-state index in [1.54, 1.807) is 16.9 Å². The number of hydrogen-bond acceptors (Lipinski definition) is 5. The van der Waals surface area contributed by atoms with Crippen LogP contribution >= 0.6 is 34.5 Å². The van der Waals surface area contributed by atoms with Crippen molar-refractivity contribution in [3.8, 4) is 10.6 Å². The van der Waals surface area contributed by atoms with E-state index in [1.165, 1.54) is 11.3 Å². The van der Waals surface area contributed by atoms with Crippen LogP contribution in [0.15, 0.2) is 42.7 Å². The summed E-state index contributed by atoms with van der Waals surface area (Å²) in [6, 6.07) is 9.26. The number of benzene rings is 1. The maximum atomic E-state index is 6.23. The van der Waals surface area contributed by atoms with Crippen molar-refractivity contribution in [1.82, 2.24) is 24.8 Å². The maximum absolute atomic E-state index is 6.23. The third-order valence-corrected chi connectivity index (χ3v) is 5.04. The van der Waals surface area contributed by atoms with E-state index in [0.717, 1.165) is 21.1 Å². The fourth-order valence-corrected chi connectivity index (χ4v) is 3.63. The summed E-state index contributed by atoms with van der Waals surface area (Å²) in [5, 5.41) is 15.1. The average molecular weight is 362 g/mol. The Morgan fingerprint density at radius 3 is 2.48 bits per heavy atom. The molecule has 114 valence electrons. The van der Waals surface area contributed by atoms with Crippen molar-refractivity contribution in [2.45, 2.75) is 6.42 Å². The van der Waals surface area contributed by atoms with Gasteiger partial charge in [0.1, 0.15) is 5.01 Å². The molecule has 3 heterocycles. The fourth-order valence-electron chi connectivity index (χ4n) is 2.24. The zero-order valence-corrected chi connectivity index (χ0v) is 14.0. The van der Waals surface area contributed by atoms with E-state index in [2.05, 4.69) is 20.3 Å². The Bertz CT molecular complexity index is 960. The van der Waals surface area contributed by atoms with Gasteiger partial charge >= 0.3 is 0 Å². The van der Waals surface area contributed by atoms with E-state index in [0.29, 0.717) is 22.3 Å². The molecule has 0 aliphatic heterocycles. The molecule has 0 radical (unpaired) electrons. The molecular formula is C15H9Cl2N5S. The number of fused-ring (bicyclic) bond motifs is 1. The van der Waals surface area contributed by atoms with Crippen LogP contribution in [0, 0.1) is 0 Å². The first kappa shape index (κ1) is 14.6. The average Bonchev–Trinajstić information content (AvgIpc) is 3.13. The highest BCUT2D eigenvalue weighted by atomic mass is 35.5. The minimum absolute atomic E-state index is 0.471. The second kappa shape index (κ2) is 5.88. The molecule has 0 N–H and O–H groups in total. The molecule has 3 aromatic heterocycles. The predicted octanol–water partition coefficient (Wildman–Crippen LogP) is 4.15. The molecule has 0 aliphatic rings. The molecule has 4 rings (SSSR count). The standard InChI is InChI=1S/C15H9Cl2N5S/c16-11-2-1-3-12(17)10(11)8-13-19-20-15-22(13)21-14(23-15)9-4-6-18-7-5-9/h1-7H,8H2. The van der Waals surface area contributed by atoms with Gasteiger partial charge < -0.3 is 0 Å². The second-order valence-corrected chi connectivity index (χ2v) is 6.60. The smallest absolute Gasteiger partial charge is 0.234 e. The molecule has 5 nitrogen and oxygen atoms in total. The van der Waals surface area contributed by atoms with Crippen molar-refractivity contribution in [2.24, 2.45) is 0 Å². The number of rotatable bonds is 3. The van der Waals surface area contributed by atoms with Gasteiger partial charge in [0.05, 0.1) is 0 Å². The Morgan fingerprint density at radius 2 is 1.74 bits per heavy atom. The van der Waals surface area contributed by atoms with E-state index in [4.69, 9.17) is 23.2 Å². The van der Waals surface area contributed by atoms with E-state index < -0.39 is 0 Å². The van der Waals surface area contributed by atoms with Crippen molar-refractivity contribution >= 4 is 39.5 Å². The number of aromatic nitrogens is 5. The highest BCUT2D eigenvalue weighted by molar-refractivity contribution is 7.19. The number of nitrogens with zero attached hydrogens (tertiary/aromatic N) is 5. The number of halogens is 2. The molecule has 0 bridgehead atoms. The summed E-state index contributed by atoms with van der Waals surface area (Å²) < 4.78 is 1.74. The predicted molar refractivity (Wildman–Crippen MR) is 91.2 cm³/mol. The van der Waals surface area contributed by atoms with E-state index in [-0.39, 0.29) is 0 Å². The Hall–Kier alpha value is -2.02. The monoisotopic (exact) mass is 361 g/mol. The first-order valence-corrected chi connectivity index (χ1v) is 8.34. The quantitative estimate of drug-likeness (QED) is 0.550. The molecule has 0 saturated carbocycles. The highest BCUT2D eigenvalue weighted by Crippen LogP contribution is 2.28. The zero-order chi connectivity index (χ0) is 15.8. The third kappa shape index (κ3) is 2.69. The van der Waals surface area contributed by atoms with Crippen molar-refractivity contribution < 1.29 is 0 Å². The molecule has 0 atom stereocenters. The molecule has 0 amide bonds. The lowest BCUT2D eigenvalue weighted by molar-refractivity contribution is 0.854. The normalized spacial score (nSPS) is 11.2. The van der Waals surface area contributed by atoms with Crippen LogP contribution in [-0.4, -0.2) is 24.8 Å². The van der Waals surface area contributed by atoms with E-state index in [1.807, 2.05) is 30.3 Å². The highest BCUT2D eigenvalue weighted by Gasteiger charge is 2.15. The first-order chi connectivity index (χ1) is 11.2. The second-order valence-electron chi connectivity index (χ2n) is 4.83. The van der Waals surface area contributed by atoms with Crippen molar-refractivity contribution in [3.05, 3.63) is 64.2 Å². The minimum atomic E-state index is 0.471. The van der Waals surface area contributed by atoms with E-state index in [9.17, 15) is 0 Å². The van der Waals surface area contributed by atoms with Gasteiger partial charge in [-0.1, -0.05) is 40.6 Å². The summed E-state index contributed by atoms with van der Waals surface area (Å²) in [6.07, 6.45) is 3.95. The lowest BCUT2D eigenvalue weighted by Gasteiger charge is -2.04. The summed E-state index contributed by atoms with van der Waals surface area (Å²) in [4.78, 5) is 4.75. The molecule has 23 heavy (non-hydrogen) atoms. The lowest BCUT2D eigenvalue weighted by Crippen LogP contribution is -1.99. The molecule has 0 saturated heterocycles. The summed E-state index contributed by atoms with van der Waals surface area (Å²) in [7, 11) is 0. The molecule has 0 spiro atoms. The van der Waals surface area contributed by atoms with Crippen LogP contribution in [0.3, 0.4) is 0 Å². The van der Waals surface area contributed by atoms with Crippen LogP contribution in [0.1, 0.15) is 11.4 Å². The third-order valence-electron chi connectivity index (χ3n) is 3.38. The van der Waals surface area contributed by atoms with Gasteiger partial charge in [0.25, 0.3) is 0 Å². The molecule has 0 fully saturated rings. The summed E-state index contributed by atoms with van der Waals surface area (Å²) in [6.45, 7) is 0. The number of hydrogen-bond donors (Lipinski definition) is 0. The van der Waals surface area contributed by atoms with Gasteiger partial charge in [-0.05, 0) is 29.8 Å². The molecular weight excluding hydrogens is 353 g/mol. The Balaban J connectivity index is 1.76. The summed E-state index contributed by atoms with van der Waals surface area (Å²) in [5.41, 5.74) is 1.82. The lowest BCUT2D eigenvalue weighted by atomic mass is 10.1. The largest absolute Gasteiger partial charge is 0.265 e. The Kier molecular flexibility index (Phi) is 3.72. The van der Waals surface area contributed by atoms with Gasteiger partial charge in [-0.15, -0.1) is 10.2 Å². The SMILES string of the molecule is Clc1cccc(Cl)c1Cc1nnc2sc(-c3ccncc3)nn12. The van der Waals surface area contributed by atoms with Gasteiger partial charge in [-0.2, -0.15) is 9.61 Å². The molecule has 4 aromatic rings. The van der Waals surface area contributed by atoms with Crippen LogP contribution in [0.2, 0.25) is 10.0 Å². The van der Waals surface area contributed by atoms with Crippen LogP contribution in [0.25, 0.3) is 15.5 Å². The van der Waals surface area contributed by atoms with Gasteiger partial charge in [-0.25, -0.2) is 0 Å². The van der Waals surface area contributed by atoms with Crippen LogP contribution < -0.4 is 0 Å². The van der Waals surface area contributed by atoms with Gasteiger partial charge in [0, 0.05) is 34.4 Å². The molecule has 8 heteroatoms. The Morgan fingerprint density at radius 1 is 1.00 bits per heavy atom. The zero-order valence-electron chi connectivity index (χ0n) is 11.6. The van der Waals surface area contributed by atoms with Crippen LogP contribution in [0.4, 0.5) is 0 Å². The van der Waals surface area contributed by atoms with Gasteiger partial charge in [-0.3, -0.25) is 4.98 Å². The van der Waals surface area contributed by atoms with E-state index >= 15 is 0 Å². The molecule has 0 aliphatic carbocycles. The summed E-state index contributed by atoms with van der Waals surface area (Å²) >= 11 is 13.9. The van der Waals surface area contributed by atoms with Gasteiger partial charge in [0.15, 0.2) is 5.82 Å². The van der Waals surface area contributed by atoms with Crippen molar-refractivity contribution in [3.63, 3.8) is 0 Å². The summed E-state index contributed by atoms with van der Waals surface area (Å²) in [5.74, 6) is 0.701. The van der Waals surface area contributed by atoms with Crippen LogP contribution in [-0.2, 0) is 6.42 Å². The van der Waals surface area contributed by atoms with Crippen LogP contribution in [0.5, 0.6) is 0 Å². The Labute approximate surface area is 145 Å². The van der Waals surface area contributed by atoms with Gasteiger partial charge in [0.2, 0.25) is 4.96 Å². The van der Waals surface area contributed by atoms with Crippen molar-refractivity contribution in [2.75, 3.05) is 0 Å².